The van der Waals surface area contributed by atoms with Gasteiger partial charge in [0.05, 0.1) is 6.07 Å². The van der Waals surface area contributed by atoms with Gasteiger partial charge < -0.3 is 10.5 Å². The van der Waals surface area contributed by atoms with E-state index in [2.05, 4.69) is 0 Å². The van der Waals surface area contributed by atoms with E-state index in [1.807, 2.05) is 42.5 Å². The molecule has 0 atom stereocenters. The summed E-state index contributed by atoms with van der Waals surface area (Å²) >= 11 is 0. The first kappa shape index (κ1) is 11.7. The molecule has 0 saturated carbocycles. The van der Waals surface area contributed by atoms with Gasteiger partial charge in [-0.3, -0.25) is 0 Å². The highest BCUT2D eigenvalue weighted by Crippen LogP contribution is 2.22. The second-order valence-corrected chi connectivity index (χ2v) is 3.70. The summed E-state index contributed by atoms with van der Waals surface area (Å²) in [5, 5.41) is 8.43. The molecule has 0 saturated heterocycles. The summed E-state index contributed by atoms with van der Waals surface area (Å²) < 4.78 is 5.65. The summed E-state index contributed by atoms with van der Waals surface area (Å²) in [6, 6.07) is 16.7. The van der Waals surface area contributed by atoms with E-state index < -0.39 is 0 Å². The third-order valence-corrected chi connectivity index (χ3v) is 2.35. The lowest BCUT2D eigenvalue weighted by atomic mass is 10.2. The molecule has 0 radical (unpaired) electrons. The van der Waals surface area contributed by atoms with Gasteiger partial charge in [0.2, 0.25) is 0 Å². The Balaban J connectivity index is 2.09. The highest BCUT2D eigenvalue weighted by molar-refractivity contribution is 5.53. The highest BCUT2D eigenvalue weighted by atomic mass is 16.5. The van der Waals surface area contributed by atoms with Gasteiger partial charge in [0.1, 0.15) is 11.5 Å². The molecule has 0 aliphatic carbocycles. The Morgan fingerprint density at radius 2 is 1.50 bits per heavy atom. The van der Waals surface area contributed by atoms with E-state index in [-0.39, 0.29) is 0 Å². The second kappa shape index (κ2) is 5.55. The van der Waals surface area contributed by atoms with Crippen molar-refractivity contribution in [3.8, 4) is 17.6 Å². The van der Waals surface area contributed by atoms with Crippen LogP contribution in [0, 0.1) is 11.3 Å². The number of hydrogen-bond donors (Lipinski definition) is 1. The van der Waals surface area contributed by atoms with Crippen molar-refractivity contribution < 1.29 is 4.74 Å². The van der Waals surface area contributed by atoms with Crippen molar-refractivity contribution in [2.75, 3.05) is 5.73 Å². The van der Waals surface area contributed by atoms with Crippen LogP contribution in [-0.2, 0) is 0 Å². The predicted octanol–water partition coefficient (Wildman–Crippen LogP) is 3.60. The van der Waals surface area contributed by atoms with E-state index in [0.29, 0.717) is 5.69 Å². The van der Waals surface area contributed by atoms with Gasteiger partial charge in [-0.2, -0.15) is 5.26 Å². The molecule has 18 heavy (non-hydrogen) atoms. The number of benzene rings is 2. The zero-order chi connectivity index (χ0) is 12.8. The Hall–Kier alpha value is -2.73. The first-order valence-corrected chi connectivity index (χ1v) is 5.47. The predicted molar refractivity (Wildman–Crippen MR) is 72.0 cm³/mol. The van der Waals surface area contributed by atoms with Crippen LogP contribution in [0.3, 0.4) is 0 Å². The minimum Gasteiger partial charge on any atom is -0.457 e. The van der Waals surface area contributed by atoms with Crippen molar-refractivity contribution in [2.24, 2.45) is 0 Å². The van der Waals surface area contributed by atoms with E-state index in [9.17, 15) is 0 Å². The summed E-state index contributed by atoms with van der Waals surface area (Å²) in [7, 11) is 0. The number of ether oxygens (including phenoxy) is 1. The summed E-state index contributed by atoms with van der Waals surface area (Å²) in [5.74, 6) is 1.48. The number of nitrogens with two attached hydrogens (primary N) is 1. The van der Waals surface area contributed by atoms with Gasteiger partial charge in [-0.1, -0.05) is 12.1 Å². The number of nitriles is 1. The van der Waals surface area contributed by atoms with Crippen LogP contribution in [0.2, 0.25) is 0 Å². The monoisotopic (exact) mass is 236 g/mol. The summed E-state index contributed by atoms with van der Waals surface area (Å²) in [5.41, 5.74) is 7.26. The molecule has 0 heterocycles. The van der Waals surface area contributed by atoms with Crippen molar-refractivity contribution in [1.29, 1.82) is 5.26 Å². The average Bonchev–Trinajstić information content (AvgIpc) is 2.41. The van der Waals surface area contributed by atoms with Crippen LogP contribution in [0.1, 0.15) is 5.56 Å². The molecule has 3 heteroatoms. The number of rotatable bonds is 3. The number of hydrogen-bond acceptors (Lipinski definition) is 3. The number of nitrogen functional groups attached to an aromatic ring is 1. The maximum Gasteiger partial charge on any atom is 0.127 e. The lowest BCUT2D eigenvalue weighted by Crippen LogP contribution is -1.86. The molecule has 0 bridgehead atoms. The van der Waals surface area contributed by atoms with Crippen LogP contribution >= 0.6 is 0 Å². The number of nitrogens with zero attached hydrogens (tertiary/aromatic N) is 1. The van der Waals surface area contributed by atoms with E-state index in [4.69, 9.17) is 15.7 Å². The minimum atomic E-state index is 0.708. The summed E-state index contributed by atoms with van der Waals surface area (Å²) in [6.07, 6.45) is 3.18. The Morgan fingerprint density at radius 1 is 0.944 bits per heavy atom. The molecule has 0 spiro atoms. The van der Waals surface area contributed by atoms with E-state index in [1.165, 1.54) is 6.08 Å². The molecule has 0 unspecified atom stereocenters. The maximum atomic E-state index is 8.43. The quantitative estimate of drug-likeness (QED) is 0.654. The molecular formula is C15H12N2O. The van der Waals surface area contributed by atoms with Crippen LogP contribution in [0.25, 0.3) is 6.08 Å². The average molecular weight is 236 g/mol. The normalized spacial score (nSPS) is 10.2. The van der Waals surface area contributed by atoms with Gasteiger partial charge >= 0.3 is 0 Å². The molecule has 2 N–H and O–H groups in total. The minimum absolute atomic E-state index is 0.708. The van der Waals surface area contributed by atoms with Gasteiger partial charge in [-0.15, -0.1) is 0 Å². The standard InChI is InChI=1S/C15H12N2O/c16-11-1-2-12-3-7-14(8-4-12)18-15-9-5-13(17)6-10-15/h1-10H,17H2. The third-order valence-electron chi connectivity index (χ3n) is 2.35. The third kappa shape index (κ3) is 3.13. The lowest BCUT2D eigenvalue weighted by Gasteiger charge is -2.05. The van der Waals surface area contributed by atoms with Gasteiger partial charge in [0.25, 0.3) is 0 Å². The van der Waals surface area contributed by atoms with Crippen molar-refractivity contribution in [3.63, 3.8) is 0 Å². The fourth-order valence-corrected chi connectivity index (χ4v) is 1.45. The fourth-order valence-electron chi connectivity index (χ4n) is 1.45. The smallest absolute Gasteiger partial charge is 0.127 e. The molecule has 88 valence electrons. The fraction of sp³-hybridized carbons (Fsp3) is 0. The van der Waals surface area contributed by atoms with Crippen LogP contribution in [0.5, 0.6) is 11.5 Å². The molecule has 0 aliphatic heterocycles. The van der Waals surface area contributed by atoms with Crippen molar-refractivity contribution in [2.45, 2.75) is 0 Å². The van der Waals surface area contributed by atoms with Crippen molar-refractivity contribution >= 4 is 11.8 Å². The highest BCUT2D eigenvalue weighted by Gasteiger charge is 1.96. The molecular weight excluding hydrogens is 224 g/mol. The first-order chi connectivity index (χ1) is 8.78. The summed E-state index contributed by atoms with van der Waals surface area (Å²) in [6.45, 7) is 0. The molecule has 0 fully saturated rings. The topological polar surface area (TPSA) is 59.0 Å². The van der Waals surface area contributed by atoms with Gasteiger partial charge in [0.15, 0.2) is 0 Å². The van der Waals surface area contributed by atoms with E-state index in [0.717, 1.165) is 17.1 Å². The van der Waals surface area contributed by atoms with Gasteiger partial charge in [-0.25, -0.2) is 0 Å². The number of anilines is 1. The molecule has 3 nitrogen and oxygen atoms in total. The van der Waals surface area contributed by atoms with Crippen LogP contribution in [-0.4, -0.2) is 0 Å². The van der Waals surface area contributed by atoms with Crippen molar-refractivity contribution in [3.05, 3.63) is 60.2 Å². The first-order valence-electron chi connectivity index (χ1n) is 5.47. The lowest BCUT2D eigenvalue weighted by molar-refractivity contribution is 0.483. The Labute approximate surface area is 106 Å². The molecule has 2 aromatic rings. The SMILES string of the molecule is N#CC=Cc1ccc(Oc2ccc(N)cc2)cc1. The zero-order valence-corrected chi connectivity index (χ0v) is 9.71. The Kier molecular flexibility index (Phi) is 3.62. The summed E-state index contributed by atoms with van der Waals surface area (Å²) in [4.78, 5) is 0. The maximum absolute atomic E-state index is 8.43. The Bertz CT molecular complexity index is 577. The molecule has 0 aliphatic rings. The molecule has 2 aromatic carbocycles. The van der Waals surface area contributed by atoms with Crippen LogP contribution < -0.4 is 10.5 Å². The van der Waals surface area contributed by atoms with Crippen molar-refractivity contribution in [1.82, 2.24) is 0 Å². The second-order valence-electron chi connectivity index (χ2n) is 3.70. The zero-order valence-electron chi connectivity index (χ0n) is 9.71. The van der Waals surface area contributed by atoms with Gasteiger partial charge in [0, 0.05) is 11.8 Å². The van der Waals surface area contributed by atoms with Crippen LogP contribution in [0.4, 0.5) is 5.69 Å². The van der Waals surface area contributed by atoms with Gasteiger partial charge in [-0.05, 0) is 48.0 Å². The number of allylic oxidation sites excluding steroid dienone is 1. The largest absolute Gasteiger partial charge is 0.457 e. The van der Waals surface area contributed by atoms with Crippen LogP contribution in [0.15, 0.2) is 54.6 Å². The van der Waals surface area contributed by atoms with E-state index in [1.54, 1.807) is 18.2 Å². The van der Waals surface area contributed by atoms with E-state index >= 15 is 0 Å². The molecule has 0 aromatic heterocycles. The molecule has 0 amide bonds. The molecule has 2 rings (SSSR count). The Morgan fingerprint density at radius 3 is 2.06 bits per heavy atom.